The number of carbonyl (C=O) groups excluding carboxylic acids is 1. The summed E-state index contributed by atoms with van der Waals surface area (Å²) >= 11 is 7.63. The lowest BCUT2D eigenvalue weighted by Crippen LogP contribution is -2.34. The summed E-state index contributed by atoms with van der Waals surface area (Å²) < 4.78 is 35.0. The van der Waals surface area contributed by atoms with Crippen molar-refractivity contribution in [3.8, 4) is 28.7 Å². The Bertz CT molecular complexity index is 1360. The average molecular weight is 633 g/mol. The smallest absolute Gasteiger partial charge is 0.341 e. The van der Waals surface area contributed by atoms with Crippen molar-refractivity contribution in [1.29, 1.82) is 0 Å². The van der Waals surface area contributed by atoms with E-state index in [1.807, 2.05) is 48.5 Å². The Kier molecular flexibility index (Phi) is 11.5. The molecule has 0 unspecified atom stereocenters. The number of hydrogen-bond acceptors (Lipinski definition) is 9. The number of methoxy groups -OCH3 is 4. The Balaban J connectivity index is 1.54. The summed E-state index contributed by atoms with van der Waals surface area (Å²) in [4.78, 5) is 13.2. The largest absolute Gasteiger partial charge is 0.493 e. The molecule has 0 aromatic heterocycles. The number of urea groups is 1. The molecule has 0 spiro atoms. The van der Waals surface area contributed by atoms with E-state index in [4.69, 9.17) is 40.0 Å². The molecule has 0 aliphatic carbocycles. The van der Waals surface area contributed by atoms with Gasteiger partial charge in [-0.25, -0.2) is 9.86 Å². The van der Waals surface area contributed by atoms with Crippen LogP contribution in [0, 0.1) is 0 Å². The summed E-state index contributed by atoms with van der Waals surface area (Å²) in [6.45, 7) is 0.504. The highest BCUT2D eigenvalue weighted by molar-refractivity contribution is 7.99. The third-order valence-corrected chi connectivity index (χ3v) is 8.19. The first-order chi connectivity index (χ1) is 20.8. The molecule has 2 amide bonds. The molecule has 4 rings (SSSR count). The van der Waals surface area contributed by atoms with Crippen LogP contribution in [0.3, 0.4) is 0 Å². The van der Waals surface area contributed by atoms with Crippen LogP contribution in [0.25, 0.3) is 0 Å². The molecule has 232 valence electrons. The van der Waals surface area contributed by atoms with Gasteiger partial charge in [0.05, 0.1) is 47.3 Å². The molecule has 2 N–H and O–H groups in total. The third kappa shape index (κ3) is 8.11. The van der Waals surface area contributed by atoms with E-state index in [0.717, 1.165) is 28.9 Å². The standard InChI is InChI=1S/C31H37ClN2O8S/c1-34(36)31(35)33-18-21-14-19(15-26(37-2)29(21)41-12-13-43-23-8-6-22(32)7-9-23)24-10-11-25(42-24)20-16-27(38-3)30(40-5)28(17-20)39-4/h6-9,14-17,24-25,36H,10-13,18H2,1-5H3,(H,33,35)/t24-,25-/m1/s1. The number of ether oxygens (including phenoxy) is 6. The summed E-state index contributed by atoms with van der Waals surface area (Å²) in [6, 6.07) is 14.6. The van der Waals surface area contributed by atoms with Gasteiger partial charge in [0.25, 0.3) is 0 Å². The van der Waals surface area contributed by atoms with Crippen molar-refractivity contribution in [1.82, 2.24) is 10.4 Å². The number of benzene rings is 3. The van der Waals surface area contributed by atoms with E-state index >= 15 is 0 Å². The molecule has 1 heterocycles. The molecular weight excluding hydrogens is 596 g/mol. The number of hydrogen-bond donors (Lipinski definition) is 2. The molecule has 43 heavy (non-hydrogen) atoms. The highest BCUT2D eigenvalue weighted by atomic mass is 35.5. The van der Waals surface area contributed by atoms with Gasteiger partial charge in [-0.15, -0.1) is 11.8 Å². The minimum Gasteiger partial charge on any atom is -0.493 e. The fourth-order valence-electron chi connectivity index (χ4n) is 4.85. The number of nitrogens with one attached hydrogen (secondary N) is 1. The molecule has 1 aliphatic heterocycles. The van der Waals surface area contributed by atoms with Gasteiger partial charge in [0, 0.05) is 34.8 Å². The van der Waals surface area contributed by atoms with Crippen molar-refractivity contribution >= 4 is 29.4 Å². The van der Waals surface area contributed by atoms with E-state index in [1.54, 1.807) is 40.2 Å². The molecule has 2 atom stereocenters. The number of carbonyl (C=O) groups is 1. The number of thioether (sulfide) groups is 1. The Morgan fingerprint density at radius 3 is 2.02 bits per heavy atom. The maximum absolute atomic E-state index is 12.1. The Morgan fingerprint density at radius 2 is 1.49 bits per heavy atom. The van der Waals surface area contributed by atoms with Crippen LogP contribution in [-0.2, 0) is 11.3 Å². The lowest BCUT2D eigenvalue weighted by Gasteiger charge is -2.21. The highest BCUT2D eigenvalue weighted by Gasteiger charge is 2.31. The van der Waals surface area contributed by atoms with Crippen LogP contribution < -0.4 is 29.0 Å². The van der Waals surface area contributed by atoms with E-state index in [-0.39, 0.29) is 18.8 Å². The minimum absolute atomic E-state index is 0.108. The zero-order valence-electron chi connectivity index (χ0n) is 24.8. The first-order valence-corrected chi connectivity index (χ1v) is 15.0. The fourth-order valence-corrected chi connectivity index (χ4v) is 5.71. The molecule has 1 saturated heterocycles. The zero-order chi connectivity index (χ0) is 30.9. The van der Waals surface area contributed by atoms with Gasteiger partial charge >= 0.3 is 6.03 Å². The van der Waals surface area contributed by atoms with Gasteiger partial charge in [-0.05, 0) is 72.5 Å². The number of rotatable bonds is 13. The monoisotopic (exact) mass is 632 g/mol. The van der Waals surface area contributed by atoms with Crippen molar-refractivity contribution in [2.45, 2.75) is 36.5 Å². The van der Waals surface area contributed by atoms with Gasteiger partial charge in [0.1, 0.15) is 0 Å². The Labute approximate surface area is 261 Å². The van der Waals surface area contributed by atoms with E-state index in [1.165, 1.54) is 7.05 Å². The fraction of sp³-hybridized carbons (Fsp3) is 0.387. The molecule has 0 radical (unpaired) electrons. The SMILES string of the molecule is COc1cc([C@H]2CC[C@H](c3cc(OC)c(OC)c(OC)c3)O2)cc(CNC(=O)N(C)O)c1OCCSc1ccc(Cl)cc1. The maximum atomic E-state index is 12.1. The molecular formula is C31H37ClN2O8S. The normalized spacial score (nSPS) is 16.0. The molecule has 0 bridgehead atoms. The van der Waals surface area contributed by atoms with Crippen LogP contribution in [0.15, 0.2) is 53.4 Å². The molecule has 1 fully saturated rings. The lowest BCUT2D eigenvalue weighted by atomic mass is 10.0. The van der Waals surface area contributed by atoms with Gasteiger partial charge in [-0.2, -0.15) is 0 Å². The van der Waals surface area contributed by atoms with Crippen LogP contribution in [-0.4, -0.2) is 64.1 Å². The van der Waals surface area contributed by atoms with Gasteiger partial charge in [0.2, 0.25) is 5.75 Å². The molecule has 3 aromatic carbocycles. The zero-order valence-corrected chi connectivity index (χ0v) is 26.4. The Hall–Kier alpha value is -3.51. The molecule has 12 heteroatoms. The van der Waals surface area contributed by atoms with Crippen LogP contribution >= 0.6 is 23.4 Å². The number of amides is 2. The predicted octanol–water partition coefficient (Wildman–Crippen LogP) is 6.67. The van der Waals surface area contributed by atoms with Crippen molar-refractivity contribution in [3.05, 3.63) is 70.2 Å². The van der Waals surface area contributed by atoms with Crippen LogP contribution in [0.2, 0.25) is 5.02 Å². The van der Waals surface area contributed by atoms with Crippen molar-refractivity contribution in [2.75, 3.05) is 47.8 Å². The predicted molar refractivity (Wildman–Crippen MR) is 164 cm³/mol. The number of nitrogens with zero attached hydrogens (tertiary/aromatic N) is 1. The topological polar surface area (TPSA) is 108 Å². The third-order valence-electron chi connectivity index (χ3n) is 6.96. The highest BCUT2D eigenvalue weighted by Crippen LogP contribution is 2.47. The maximum Gasteiger partial charge on any atom is 0.341 e. The molecule has 1 aliphatic rings. The van der Waals surface area contributed by atoms with Crippen molar-refractivity contribution < 1.29 is 38.4 Å². The second-order valence-corrected chi connectivity index (χ2v) is 11.3. The van der Waals surface area contributed by atoms with Crippen LogP contribution in [0.4, 0.5) is 4.79 Å². The van der Waals surface area contributed by atoms with Crippen LogP contribution in [0.1, 0.15) is 41.7 Å². The van der Waals surface area contributed by atoms with E-state index in [2.05, 4.69) is 5.32 Å². The first kappa shape index (κ1) is 32.4. The second kappa shape index (κ2) is 15.3. The van der Waals surface area contributed by atoms with E-state index in [9.17, 15) is 10.0 Å². The minimum atomic E-state index is -0.645. The van der Waals surface area contributed by atoms with Gasteiger partial charge in [-0.1, -0.05) is 11.6 Å². The molecule has 10 nitrogen and oxygen atoms in total. The van der Waals surface area contributed by atoms with E-state index < -0.39 is 6.03 Å². The quantitative estimate of drug-likeness (QED) is 0.0924. The average Bonchev–Trinajstić information content (AvgIpc) is 3.52. The van der Waals surface area contributed by atoms with Gasteiger partial charge < -0.3 is 33.7 Å². The van der Waals surface area contributed by atoms with Crippen LogP contribution in [0.5, 0.6) is 28.7 Å². The van der Waals surface area contributed by atoms with E-state index in [0.29, 0.717) is 56.8 Å². The lowest BCUT2D eigenvalue weighted by molar-refractivity contribution is -0.0184. The van der Waals surface area contributed by atoms with Gasteiger partial charge in [-0.3, -0.25) is 5.21 Å². The summed E-state index contributed by atoms with van der Waals surface area (Å²) in [7, 11) is 7.57. The summed E-state index contributed by atoms with van der Waals surface area (Å²) in [5.74, 6) is 3.37. The van der Waals surface area contributed by atoms with Crippen molar-refractivity contribution in [2.24, 2.45) is 0 Å². The Morgan fingerprint density at radius 1 is 0.930 bits per heavy atom. The molecule has 0 saturated carbocycles. The van der Waals surface area contributed by atoms with Gasteiger partial charge in [0.15, 0.2) is 23.0 Å². The number of halogens is 1. The molecule has 3 aromatic rings. The first-order valence-electron chi connectivity index (χ1n) is 13.7. The summed E-state index contributed by atoms with van der Waals surface area (Å²) in [5, 5.41) is 13.4. The number of hydroxylamine groups is 2. The summed E-state index contributed by atoms with van der Waals surface area (Å²) in [5.41, 5.74) is 2.50. The summed E-state index contributed by atoms with van der Waals surface area (Å²) in [6.07, 6.45) is 1.10. The second-order valence-electron chi connectivity index (χ2n) is 9.69. The van der Waals surface area contributed by atoms with Crippen molar-refractivity contribution in [3.63, 3.8) is 0 Å².